The molecule has 0 fully saturated rings. The van der Waals surface area contributed by atoms with Crippen molar-refractivity contribution >= 4 is 0 Å². The first-order valence-electron chi connectivity index (χ1n) is 7.05. The van der Waals surface area contributed by atoms with E-state index in [9.17, 15) is 0 Å². The number of likely N-dealkylation sites (N-methyl/N-ethyl adjacent to an activating group) is 1. The van der Waals surface area contributed by atoms with Gasteiger partial charge in [0.1, 0.15) is 5.82 Å². The zero-order chi connectivity index (χ0) is 13.4. The van der Waals surface area contributed by atoms with E-state index in [-0.39, 0.29) is 0 Å². The molecule has 104 valence electrons. The van der Waals surface area contributed by atoms with Crippen LogP contribution in [0.3, 0.4) is 0 Å². The molecule has 0 saturated carbocycles. The second-order valence-electron chi connectivity index (χ2n) is 5.09. The first-order chi connectivity index (χ1) is 8.67. The molecule has 4 heteroatoms. The van der Waals surface area contributed by atoms with Gasteiger partial charge >= 0.3 is 0 Å². The van der Waals surface area contributed by atoms with Crippen LogP contribution < -0.4 is 5.32 Å². The van der Waals surface area contributed by atoms with Crippen molar-refractivity contribution in [1.29, 1.82) is 0 Å². The average molecular weight is 252 g/mol. The van der Waals surface area contributed by atoms with Crippen LogP contribution in [0.25, 0.3) is 0 Å². The minimum Gasteiger partial charge on any atom is -0.335 e. The molecule has 0 bridgehead atoms. The molecule has 1 unspecified atom stereocenters. The number of rotatable bonds is 9. The summed E-state index contributed by atoms with van der Waals surface area (Å²) in [5.74, 6) is 1.21. The Morgan fingerprint density at radius 2 is 2.17 bits per heavy atom. The summed E-state index contributed by atoms with van der Waals surface area (Å²) in [7, 11) is 4.25. The SMILES string of the molecule is CCCn1ccnc1CC(CCN(C)C)NCC. The molecule has 0 amide bonds. The largest absolute Gasteiger partial charge is 0.335 e. The maximum atomic E-state index is 4.49. The molecule has 0 aliphatic rings. The van der Waals surface area contributed by atoms with Gasteiger partial charge in [0.15, 0.2) is 0 Å². The first kappa shape index (κ1) is 15.2. The molecule has 0 aromatic carbocycles. The molecule has 0 aliphatic heterocycles. The van der Waals surface area contributed by atoms with E-state index in [0.29, 0.717) is 6.04 Å². The van der Waals surface area contributed by atoms with Crippen LogP contribution in [0.4, 0.5) is 0 Å². The minimum absolute atomic E-state index is 0.524. The van der Waals surface area contributed by atoms with E-state index < -0.39 is 0 Å². The van der Waals surface area contributed by atoms with Crippen LogP contribution in [0.2, 0.25) is 0 Å². The highest BCUT2D eigenvalue weighted by atomic mass is 15.1. The zero-order valence-electron chi connectivity index (χ0n) is 12.3. The molecular weight excluding hydrogens is 224 g/mol. The lowest BCUT2D eigenvalue weighted by Gasteiger charge is -2.20. The molecule has 18 heavy (non-hydrogen) atoms. The van der Waals surface area contributed by atoms with Gasteiger partial charge in [-0.1, -0.05) is 13.8 Å². The maximum Gasteiger partial charge on any atom is 0.110 e. The number of imidazole rings is 1. The predicted molar refractivity (Wildman–Crippen MR) is 76.9 cm³/mol. The van der Waals surface area contributed by atoms with E-state index in [2.05, 4.69) is 53.9 Å². The predicted octanol–water partition coefficient (Wildman–Crippen LogP) is 1.77. The van der Waals surface area contributed by atoms with Gasteiger partial charge in [0.05, 0.1) is 0 Å². The summed E-state index contributed by atoms with van der Waals surface area (Å²) in [5, 5.41) is 3.57. The monoisotopic (exact) mass is 252 g/mol. The van der Waals surface area contributed by atoms with Crippen molar-refractivity contribution in [3.05, 3.63) is 18.2 Å². The molecule has 0 saturated heterocycles. The quantitative estimate of drug-likeness (QED) is 0.727. The van der Waals surface area contributed by atoms with Crippen LogP contribution in [-0.2, 0) is 13.0 Å². The highest BCUT2D eigenvalue weighted by Gasteiger charge is 2.12. The Hall–Kier alpha value is -0.870. The first-order valence-corrected chi connectivity index (χ1v) is 7.05. The van der Waals surface area contributed by atoms with Crippen molar-refractivity contribution < 1.29 is 0 Å². The Morgan fingerprint density at radius 1 is 1.39 bits per heavy atom. The number of nitrogens with zero attached hydrogens (tertiary/aromatic N) is 3. The van der Waals surface area contributed by atoms with Gasteiger partial charge in [-0.05, 0) is 40.0 Å². The number of hydrogen-bond acceptors (Lipinski definition) is 3. The smallest absolute Gasteiger partial charge is 0.110 e. The molecule has 1 aromatic rings. The summed E-state index contributed by atoms with van der Waals surface area (Å²) >= 11 is 0. The van der Waals surface area contributed by atoms with Crippen LogP contribution in [-0.4, -0.2) is 47.7 Å². The fraction of sp³-hybridized carbons (Fsp3) is 0.786. The van der Waals surface area contributed by atoms with Crippen molar-refractivity contribution in [3.8, 4) is 0 Å². The molecule has 1 atom stereocenters. The third kappa shape index (κ3) is 5.19. The molecule has 0 radical (unpaired) electrons. The number of aromatic nitrogens is 2. The second-order valence-corrected chi connectivity index (χ2v) is 5.09. The number of hydrogen-bond donors (Lipinski definition) is 1. The van der Waals surface area contributed by atoms with Gasteiger partial charge in [-0.15, -0.1) is 0 Å². The number of aryl methyl sites for hydroxylation is 1. The van der Waals surface area contributed by atoms with E-state index in [1.54, 1.807) is 0 Å². The van der Waals surface area contributed by atoms with Crippen molar-refractivity contribution in [1.82, 2.24) is 19.8 Å². The second kappa shape index (κ2) is 8.27. The average Bonchev–Trinajstić information content (AvgIpc) is 2.74. The third-order valence-corrected chi connectivity index (χ3v) is 3.11. The Balaban J connectivity index is 2.55. The molecule has 1 rings (SSSR count). The standard InChI is InChI=1S/C14H28N4/c1-5-9-18-11-8-16-14(18)12-13(15-6-2)7-10-17(3)4/h8,11,13,15H,5-7,9-10,12H2,1-4H3. The molecule has 1 aromatic heterocycles. The van der Waals surface area contributed by atoms with E-state index in [1.165, 1.54) is 12.2 Å². The molecule has 1 heterocycles. The van der Waals surface area contributed by atoms with Crippen LogP contribution >= 0.6 is 0 Å². The number of nitrogens with one attached hydrogen (secondary N) is 1. The van der Waals surface area contributed by atoms with E-state index >= 15 is 0 Å². The Morgan fingerprint density at radius 3 is 2.78 bits per heavy atom. The lowest BCUT2D eigenvalue weighted by atomic mass is 10.1. The summed E-state index contributed by atoms with van der Waals surface area (Å²) in [6, 6.07) is 0.524. The molecule has 4 nitrogen and oxygen atoms in total. The van der Waals surface area contributed by atoms with Crippen LogP contribution in [0.1, 0.15) is 32.5 Å². The van der Waals surface area contributed by atoms with Gasteiger partial charge in [-0.25, -0.2) is 4.98 Å². The van der Waals surface area contributed by atoms with Gasteiger partial charge < -0.3 is 14.8 Å². The highest BCUT2D eigenvalue weighted by Crippen LogP contribution is 2.06. The normalized spacial score (nSPS) is 13.2. The van der Waals surface area contributed by atoms with Crippen LogP contribution in [0.15, 0.2) is 12.4 Å². The summed E-state index contributed by atoms with van der Waals surface area (Å²) in [4.78, 5) is 6.73. The lowest BCUT2D eigenvalue weighted by Crippen LogP contribution is -2.34. The van der Waals surface area contributed by atoms with E-state index in [4.69, 9.17) is 0 Å². The summed E-state index contributed by atoms with van der Waals surface area (Å²) in [6.45, 7) is 7.58. The van der Waals surface area contributed by atoms with Crippen molar-refractivity contribution in [2.24, 2.45) is 0 Å². The minimum atomic E-state index is 0.524. The van der Waals surface area contributed by atoms with Crippen molar-refractivity contribution in [3.63, 3.8) is 0 Å². The fourth-order valence-corrected chi connectivity index (χ4v) is 2.17. The van der Waals surface area contributed by atoms with Gasteiger partial charge in [-0.2, -0.15) is 0 Å². The van der Waals surface area contributed by atoms with Gasteiger partial charge in [0.2, 0.25) is 0 Å². The Bertz CT molecular complexity index is 319. The van der Waals surface area contributed by atoms with Gasteiger partial charge in [0, 0.05) is 31.4 Å². The molecule has 1 N–H and O–H groups in total. The molecule has 0 spiro atoms. The van der Waals surface area contributed by atoms with Crippen molar-refractivity contribution in [2.75, 3.05) is 27.2 Å². The molecular formula is C14H28N4. The van der Waals surface area contributed by atoms with Crippen LogP contribution in [0.5, 0.6) is 0 Å². The maximum absolute atomic E-state index is 4.49. The lowest BCUT2D eigenvalue weighted by molar-refractivity contribution is 0.355. The van der Waals surface area contributed by atoms with Crippen molar-refractivity contribution in [2.45, 2.75) is 45.7 Å². The van der Waals surface area contributed by atoms with Crippen LogP contribution in [0, 0.1) is 0 Å². The third-order valence-electron chi connectivity index (χ3n) is 3.11. The molecule has 0 aliphatic carbocycles. The Labute approximate surface area is 111 Å². The topological polar surface area (TPSA) is 33.1 Å². The summed E-state index contributed by atoms with van der Waals surface area (Å²) < 4.78 is 2.28. The van der Waals surface area contributed by atoms with E-state index in [1.807, 2.05) is 6.20 Å². The van der Waals surface area contributed by atoms with Gasteiger partial charge in [-0.3, -0.25) is 0 Å². The van der Waals surface area contributed by atoms with Gasteiger partial charge in [0.25, 0.3) is 0 Å². The summed E-state index contributed by atoms with van der Waals surface area (Å²) in [5.41, 5.74) is 0. The fourth-order valence-electron chi connectivity index (χ4n) is 2.17. The Kier molecular flexibility index (Phi) is 6.98. The van der Waals surface area contributed by atoms with E-state index in [0.717, 1.165) is 32.5 Å². The zero-order valence-corrected chi connectivity index (χ0v) is 12.3. The summed E-state index contributed by atoms with van der Waals surface area (Å²) in [6.07, 6.45) is 7.36. The highest BCUT2D eigenvalue weighted by molar-refractivity contribution is 4.95.